The number of aromatic amines is 1. The van der Waals surface area contributed by atoms with E-state index in [2.05, 4.69) is 15.2 Å². The smallest absolute Gasteiger partial charge is 0.325 e. The lowest BCUT2D eigenvalue weighted by Crippen LogP contribution is -2.10. The molecule has 2 aromatic heterocycles. The molecule has 11 heteroatoms. The van der Waals surface area contributed by atoms with E-state index >= 15 is 0 Å². The van der Waals surface area contributed by atoms with Gasteiger partial charge in [-0.15, -0.1) is 0 Å². The van der Waals surface area contributed by atoms with E-state index in [1.54, 1.807) is 0 Å². The standard InChI is InChI=1S/C16H14F2N3O5P/c1-26-16-14-9(7-19-21-15(14)22)6-13(20-16)8-4-11(17)10(12(18)5-8)2-3-27(23,24)25/h4-7H,2-3H2,1H3,(H,21,22)(H2,23,24,25). The molecule has 0 saturated carbocycles. The number of pyridine rings is 1. The molecule has 0 radical (unpaired) electrons. The van der Waals surface area contributed by atoms with Crippen LogP contribution in [0.25, 0.3) is 22.0 Å². The number of hydrogen-bond donors (Lipinski definition) is 3. The van der Waals surface area contributed by atoms with Gasteiger partial charge in [-0.3, -0.25) is 9.36 Å². The summed E-state index contributed by atoms with van der Waals surface area (Å²) in [6.07, 6.45) is 0.234. The van der Waals surface area contributed by atoms with E-state index in [1.807, 2.05) is 0 Å². The molecule has 0 bridgehead atoms. The van der Waals surface area contributed by atoms with E-state index in [4.69, 9.17) is 14.5 Å². The first-order valence-corrected chi connectivity index (χ1v) is 9.44. The van der Waals surface area contributed by atoms with Crippen molar-refractivity contribution in [1.29, 1.82) is 0 Å². The fourth-order valence-electron chi connectivity index (χ4n) is 2.63. The lowest BCUT2D eigenvalue weighted by Gasteiger charge is -2.11. The van der Waals surface area contributed by atoms with Gasteiger partial charge in [-0.1, -0.05) is 0 Å². The number of ether oxygens (including phenoxy) is 1. The van der Waals surface area contributed by atoms with E-state index in [-0.39, 0.29) is 22.5 Å². The first kappa shape index (κ1) is 19.1. The van der Waals surface area contributed by atoms with Gasteiger partial charge in [0.05, 0.1) is 25.2 Å². The molecule has 1 aromatic carbocycles. The van der Waals surface area contributed by atoms with Crippen LogP contribution in [0.4, 0.5) is 8.78 Å². The van der Waals surface area contributed by atoms with Crippen molar-refractivity contribution >= 4 is 18.4 Å². The summed E-state index contributed by atoms with van der Waals surface area (Å²) in [5, 5.41) is 6.44. The number of fused-ring (bicyclic) bond motifs is 1. The van der Waals surface area contributed by atoms with E-state index in [1.165, 1.54) is 19.4 Å². The number of hydrogen-bond acceptors (Lipinski definition) is 5. The summed E-state index contributed by atoms with van der Waals surface area (Å²) in [6, 6.07) is 3.45. The first-order valence-electron chi connectivity index (χ1n) is 7.65. The van der Waals surface area contributed by atoms with E-state index in [9.17, 15) is 18.1 Å². The van der Waals surface area contributed by atoms with Crippen LogP contribution in [-0.2, 0) is 11.0 Å². The summed E-state index contributed by atoms with van der Waals surface area (Å²) in [7, 11) is -3.08. The van der Waals surface area contributed by atoms with Gasteiger partial charge < -0.3 is 14.5 Å². The Morgan fingerprint density at radius 1 is 1.22 bits per heavy atom. The number of rotatable bonds is 5. The van der Waals surface area contributed by atoms with Crippen molar-refractivity contribution in [2.75, 3.05) is 13.3 Å². The van der Waals surface area contributed by atoms with E-state index < -0.39 is 42.9 Å². The normalized spacial score (nSPS) is 11.7. The molecule has 3 aromatic rings. The van der Waals surface area contributed by atoms with Gasteiger partial charge in [0.2, 0.25) is 5.88 Å². The first-order chi connectivity index (χ1) is 12.7. The number of nitrogens with one attached hydrogen (secondary N) is 1. The van der Waals surface area contributed by atoms with Crippen LogP contribution in [0.1, 0.15) is 5.56 Å². The van der Waals surface area contributed by atoms with Gasteiger partial charge in [0.15, 0.2) is 0 Å². The quantitative estimate of drug-likeness (QED) is 0.562. The number of benzene rings is 1. The predicted octanol–water partition coefficient (Wildman–Crippen LogP) is 1.99. The van der Waals surface area contributed by atoms with Crippen molar-refractivity contribution in [2.24, 2.45) is 0 Å². The van der Waals surface area contributed by atoms with E-state index in [0.717, 1.165) is 12.1 Å². The van der Waals surface area contributed by atoms with Crippen LogP contribution in [0.15, 0.2) is 29.2 Å². The number of H-pyrrole nitrogens is 1. The van der Waals surface area contributed by atoms with Crippen LogP contribution in [0.2, 0.25) is 0 Å². The van der Waals surface area contributed by atoms with Gasteiger partial charge in [-0.25, -0.2) is 18.9 Å². The van der Waals surface area contributed by atoms with Crippen LogP contribution < -0.4 is 10.3 Å². The van der Waals surface area contributed by atoms with Gasteiger partial charge in [0.25, 0.3) is 5.56 Å². The molecule has 0 unspecified atom stereocenters. The summed E-state index contributed by atoms with van der Waals surface area (Å²) in [5.41, 5.74) is -0.724. The molecule has 27 heavy (non-hydrogen) atoms. The maximum absolute atomic E-state index is 14.3. The zero-order valence-electron chi connectivity index (χ0n) is 13.9. The van der Waals surface area contributed by atoms with Crippen molar-refractivity contribution in [3.8, 4) is 17.1 Å². The minimum Gasteiger partial charge on any atom is -0.480 e. The van der Waals surface area contributed by atoms with Gasteiger partial charge in [-0.05, 0) is 24.6 Å². The molecule has 3 N–H and O–H groups in total. The molecule has 0 saturated heterocycles. The number of methoxy groups -OCH3 is 1. The highest BCUT2D eigenvalue weighted by Gasteiger charge is 2.19. The Bertz CT molecular complexity index is 1110. The summed E-state index contributed by atoms with van der Waals surface area (Å²) in [6.45, 7) is 0. The monoisotopic (exact) mass is 397 g/mol. The highest BCUT2D eigenvalue weighted by Crippen LogP contribution is 2.36. The molecule has 2 heterocycles. The Balaban J connectivity index is 2.09. The summed E-state index contributed by atoms with van der Waals surface area (Å²) < 4.78 is 44.7. The molecule has 142 valence electrons. The number of aromatic nitrogens is 3. The lowest BCUT2D eigenvalue weighted by atomic mass is 10.0. The molecular weight excluding hydrogens is 383 g/mol. The minimum absolute atomic E-state index is 0.0301. The van der Waals surface area contributed by atoms with Crippen LogP contribution >= 0.6 is 7.60 Å². The fourth-order valence-corrected chi connectivity index (χ4v) is 3.14. The number of halogens is 2. The van der Waals surface area contributed by atoms with Crippen LogP contribution in [0.5, 0.6) is 5.88 Å². The molecular formula is C16H14F2N3O5P. The lowest BCUT2D eigenvalue weighted by molar-refractivity contribution is 0.372. The average molecular weight is 397 g/mol. The second-order valence-corrected chi connectivity index (χ2v) is 7.51. The second-order valence-electron chi connectivity index (χ2n) is 5.74. The molecule has 0 aliphatic carbocycles. The van der Waals surface area contributed by atoms with Gasteiger partial charge >= 0.3 is 7.60 Å². The molecule has 8 nitrogen and oxygen atoms in total. The van der Waals surface area contributed by atoms with Crippen LogP contribution in [0, 0.1) is 11.6 Å². The van der Waals surface area contributed by atoms with Gasteiger partial charge in [0, 0.05) is 16.5 Å². The zero-order chi connectivity index (χ0) is 19.8. The van der Waals surface area contributed by atoms with Crippen molar-refractivity contribution in [2.45, 2.75) is 6.42 Å². The van der Waals surface area contributed by atoms with E-state index in [0.29, 0.717) is 5.39 Å². The molecule has 0 amide bonds. The van der Waals surface area contributed by atoms with Crippen molar-refractivity contribution in [1.82, 2.24) is 15.2 Å². The molecule has 0 atom stereocenters. The Labute approximate surface area is 151 Å². The SMILES string of the molecule is COc1nc(-c2cc(F)c(CCP(=O)(O)O)c(F)c2)cc2cn[nH]c(=O)c12. The highest BCUT2D eigenvalue weighted by atomic mass is 31.2. The average Bonchev–Trinajstić information content (AvgIpc) is 2.59. The summed E-state index contributed by atoms with van der Waals surface area (Å²) >= 11 is 0. The maximum Gasteiger partial charge on any atom is 0.325 e. The largest absolute Gasteiger partial charge is 0.480 e. The van der Waals surface area contributed by atoms with Crippen molar-refractivity contribution in [3.63, 3.8) is 0 Å². The third kappa shape index (κ3) is 4.02. The van der Waals surface area contributed by atoms with Crippen molar-refractivity contribution in [3.05, 3.63) is 51.9 Å². The molecule has 0 fully saturated rings. The Morgan fingerprint density at radius 2 is 1.89 bits per heavy atom. The van der Waals surface area contributed by atoms with Gasteiger partial charge in [-0.2, -0.15) is 5.10 Å². The van der Waals surface area contributed by atoms with Crippen LogP contribution in [-0.4, -0.2) is 38.2 Å². The molecule has 0 aliphatic rings. The van der Waals surface area contributed by atoms with Crippen molar-refractivity contribution < 1.29 is 27.9 Å². The van der Waals surface area contributed by atoms with Crippen LogP contribution in [0.3, 0.4) is 0 Å². The second kappa shape index (κ2) is 7.15. The number of nitrogens with zero attached hydrogens (tertiary/aromatic N) is 2. The Morgan fingerprint density at radius 3 is 2.48 bits per heavy atom. The minimum atomic E-state index is -4.39. The third-order valence-corrected chi connectivity index (χ3v) is 4.70. The molecule has 0 aliphatic heterocycles. The predicted molar refractivity (Wildman–Crippen MR) is 92.7 cm³/mol. The Hall–Kier alpha value is -2.68. The topological polar surface area (TPSA) is 125 Å². The summed E-state index contributed by atoms with van der Waals surface area (Å²) in [5.74, 6) is -1.94. The molecule has 0 spiro atoms. The molecule has 3 rings (SSSR count). The summed E-state index contributed by atoms with van der Waals surface area (Å²) in [4.78, 5) is 33.8. The fraction of sp³-hybridized carbons (Fsp3) is 0.188. The maximum atomic E-state index is 14.3. The van der Waals surface area contributed by atoms with Gasteiger partial charge in [0.1, 0.15) is 17.0 Å². The zero-order valence-corrected chi connectivity index (χ0v) is 14.8. The highest BCUT2D eigenvalue weighted by molar-refractivity contribution is 7.51. The Kier molecular flexibility index (Phi) is 5.05. The third-order valence-electron chi connectivity index (χ3n) is 3.90.